The predicted molar refractivity (Wildman–Crippen MR) is 84.3 cm³/mol. The monoisotopic (exact) mass is 334 g/mol. The number of pyridine rings is 1. The summed E-state index contributed by atoms with van der Waals surface area (Å²) in [5.74, 6) is 1.40. The molecule has 23 heavy (non-hydrogen) atoms. The van der Waals surface area contributed by atoms with Crippen LogP contribution in [0.4, 0.5) is 0 Å². The van der Waals surface area contributed by atoms with E-state index in [-0.39, 0.29) is 5.41 Å². The highest BCUT2D eigenvalue weighted by molar-refractivity contribution is 6.29. The maximum absolute atomic E-state index is 6.06. The van der Waals surface area contributed by atoms with Crippen molar-refractivity contribution in [3.05, 3.63) is 40.8 Å². The van der Waals surface area contributed by atoms with Gasteiger partial charge in [0.25, 0.3) is 0 Å². The molecule has 0 amide bonds. The van der Waals surface area contributed by atoms with Crippen LogP contribution in [0.3, 0.4) is 0 Å². The van der Waals surface area contributed by atoms with Crippen LogP contribution < -0.4 is 0 Å². The summed E-state index contributed by atoms with van der Waals surface area (Å²) >= 11 is 6.06. The molecule has 0 spiro atoms. The Morgan fingerprint density at radius 2 is 2.00 bits per heavy atom. The van der Waals surface area contributed by atoms with Crippen LogP contribution in [0.2, 0.25) is 5.15 Å². The first kappa shape index (κ1) is 15.1. The molecule has 2 aliphatic rings. The molecule has 1 aliphatic heterocycles. The van der Waals surface area contributed by atoms with Gasteiger partial charge in [0.05, 0.1) is 30.9 Å². The molecule has 2 aromatic rings. The summed E-state index contributed by atoms with van der Waals surface area (Å²) in [6.07, 6.45) is 3.11. The lowest BCUT2D eigenvalue weighted by Crippen LogP contribution is -2.38. The van der Waals surface area contributed by atoms with Gasteiger partial charge in [-0.2, -0.15) is 4.98 Å². The average Bonchev–Trinajstić information content (AvgIpc) is 2.96. The molecule has 0 bridgehead atoms. The van der Waals surface area contributed by atoms with Gasteiger partial charge in [-0.3, -0.25) is 4.90 Å². The van der Waals surface area contributed by atoms with E-state index < -0.39 is 0 Å². The van der Waals surface area contributed by atoms with E-state index in [1.54, 1.807) is 6.07 Å². The Labute approximate surface area is 139 Å². The van der Waals surface area contributed by atoms with Crippen molar-refractivity contribution < 1.29 is 9.26 Å². The number of ether oxygens (including phenoxy) is 1. The van der Waals surface area contributed by atoms with Crippen molar-refractivity contribution in [1.82, 2.24) is 20.0 Å². The Morgan fingerprint density at radius 3 is 2.70 bits per heavy atom. The van der Waals surface area contributed by atoms with Crippen LogP contribution in [0.1, 0.15) is 36.7 Å². The Kier molecular flexibility index (Phi) is 4.05. The fraction of sp³-hybridized carbons (Fsp3) is 0.562. The molecule has 0 unspecified atom stereocenters. The maximum Gasteiger partial charge on any atom is 0.240 e. The van der Waals surface area contributed by atoms with Gasteiger partial charge < -0.3 is 9.26 Å². The molecule has 4 rings (SSSR count). The van der Waals surface area contributed by atoms with Crippen LogP contribution in [0, 0.1) is 0 Å². The summed E-state index contributed by atoms with van der Waals surface area (Å²) in [6, 6.07) is 5.72. The number of rotatable bonds is 4. The van der Waals surface area contributed by atoms with Crippen LogP contribution in [0.15, 0.2) is 22.7 Å². The average molecular weight is 335 g/mol. The van der Waals surface area contributed by atoms with E-state index in [0.717, 1.165) is 57.1 Å². The second-order valence-electron chi connectivity index (χ2n) is 6.18. The summed E-state index contributed by atoms with van der Waals surface area (Å²) < 4.78 is 10.9. The second-order valence-corrected chi connectivity index (χ2v) is 6.57. The molecule has 0 atom stereocenters. The van der Waals surface area contributed by atoms with Gasteiger partial charge in [-0.15, -0.1) is 0 Å². The Hall–Kier alpha value is -1.50. The van der Waals surface area contributed by atoms with E-state index in [0.29, 0.717) is 17.6 Å². The van der Waals surface area contributed by atoms with Crippen LogP contribution >= 0.6 is 11.6 Å². The van der Waals surface area contributed by atoms with Gasteiger partial charge in [-0.25, -0.2) is 4.98 Å². The van der Waals surface area contributed by atoms with E-state index in [2.05, 4.69) is 20.0 Å². The van der Waals surface area contributed by atoms with Crippen molar-refractivity contribution in [3.8, 4) is 0 Å². The van der Waals surface area contributed by atoms with Gasteiger partial charge in [-0.1, -0.05) is 29.2 Å². The minimum Gasteiger partial charge on any atom is -0.379 e. The lowest BCUT2D eigenvalue weighted by atomic mass is 9.66. The molecule has 0 aromatic carbocycles. The third-order valence-electron chi connectivity index (χ3n) is 4.77. The van der Waals surface area contributed by atoms with E-state index in [9.17, 15) is 0 Å². The van der Waals surface area contributed by atoms with Gasteiger partial charge in [0.15, 0.2) is 5.82 Å². The SMILES string of the molecule is Clc1cccc(C2(c3noc(CN4CCOCC4)n3)CCC2)n1. The molecule has 1 aliphatic carbocycles. The van der Waals surface area contributed by atoms with Crippen molar-refractivity contribution in [2.45, 2.75) is 31.2 Å². The molecule has 0 N–H and O–H groups in total. The Morgan fingerprint density at radius 1 is 1.17 bits per heavy atom. The van der Waals surface area contributed by atoms with Crippen LogP contribution in [-0.2, 0) is 16.7 Å². The quantitative estimate of drug-likeness (QED) is 0.800. The first-order chi connectivity index (χ1) is 11.3. The lowest BCUT2D eigenvalue weighted by molar-refractivity contribution is 0.0297. The van der Waals surface area contributed by atoms with E-state index in [1.165, 1.54) is 0 Å². The summed E-state index contributed by atoms with van der Waals surface area (Å²) in [6.45, 7) is 4.00. The molecular formula is C16H19ClN4O2. The van der Waals surface area contributed by atoms with E-state index in [4.69, 9.17) is 20.9 Å². The minimum absolute atomic E-state index is 0.238. The van der Waals surface area contributed by atoms with E-state index in [1.807, 2.05) is 12.1 Å². The Balaban J connectivity index is 1.56. The van der Waals surface area contributed by atoms with Crippen molar-refractivity contribution >= 4 is 11.6 Å². The third-order valence-corrected chi connectivity index (χ3v) is 4.98. The number of aromatic nitrogens is 3. The topological polar surface area (TPSA) is 64.3 Å². The summed E-state index contributed by atoms with van der Waals surface area (Å²) in [4.78, 5) is 11.4. The normalized spacial score (nSPS) is 21.1. The first-order valence-electron chi connectivity index (χ1n) is 8.02. The highest BCUT2D eigenvalue weighted by Crippen LogP contribution is 2.47. The summed E-state index contributed by atoms with van der Waals surface area (Å²) in [5.41, 5.74) is 0.701. The van der Waals surface area contributed by atoms with E-state index >= 15 is 0 Å². The smallest absolute Gasteiger partial charge is 0.240 e. The fourth-order valence-electron chi connectivity index (χ4n) is 3.26. The van der Waals surface area contributed by atoms with Gasteiger partial charge in [0.2, 0.25) is 5.89 Å². The predicted octanol–water partition coefficient (Wildman–Crippen LogP) is 2.42. The van der Waals surface area contributed by atoms with Crippen molar-refractivity contribution in [1.29, 1.82) is 0 Å². The minimum atomic E-state index is -0.238. The number of nitrogens with zero attached hydrogens (tertiary/aromatic N) is 4. The maximum atomic E-state index is 6.06. The van der Waals surface area contributed by atoms with Crippen LogP contribution in [-0.4, -0.2) is 46.3 Å². The summed E-state index contributed by atoms with van der Waals surface area (Å²) in [5, 5.41) is 4.76. The van der Waals surface area contributed by atoms with Crippen molar-refractivity contribution in [2.75, 3.05) is 26.3 Å². The molecule has 1 saturated carbocycles. The van der Waals surface area contributed by atoms with Gasteiger partial charge in [-0.05, 0) is 25.0 Å². The van der Waals surface area contributed by atoms with Crippen LogP contribution in [0.5, 0.6) is 0 Å². The van der Waals surface area contributed by atoms with Crippen molar-refractivity contribution in [2.24, 2.45) is 0 Å². The molecular weight excluding hydrogens is 316 g/mol. The highest BCUT2D eigenvalue weighted by Gasteiger charge is 2.45. The molecule has 0 radical (unpaired) electrons. The molecule has 1 saturated heterocycles. The zero-order valence-electron chi connectivity index (χ0n) is 12.9. The molecule has 6 nitrogen and oxygen atoms in total. The fourth-order valence-corrected chi connectivity index (χ4v) is 3.43. The molecule has 7 heteroatoms. The molecule has 3 heterocycles. The first-order valence-corrected chi connectivity index (χ1v) is 8.40. The van der Waals surface area contributed by atoms with Crippen LogP contribution in [0.25, 0.3) is 0 Å². The van der Waals surface area contributed by atoms with Gasteiger partial charge in [0.1, 0.15) is 5.15 Å². The standard InChI is InChI=1S/C16H19ClN4O2/c17-13-4-1-3-12(18-13)16(5-2-6-16)15-19-14(23-20-15)11-21-7-9-22-10-8-21/h1,3-4H,2,5-11H2. The molecule has 122 valence electrons. The lowest BCUT2D eigenvalue weighted by Gasteiger charge is -2.38. The number of hydrogen-bond acceptors (Lipinski definition) is 6. The Bertz CT molecular complexity index is 680. The zero-order valence-corrected chi connectivity index (χ0v) is 13.6. The number of halogens is 1. The number of hydrogen-bond donors (Lipinski definition) is 0. The molecule has 2 fully saturated rings. The molecule has 2 aromatic heterocycles. The zero-order chi connectivity index (χ0) is 15.7. The highest BCUT2D eigenvalue weighted by atomic mass is 35.5. The van der Waals surface area contributed by atoms with Gasteiger partial charge >= 0.3 is 0 Å². The largest absolute Gasteiger partial charge is 0.379 e. The number of morpholine rings is 1. The third kappa shape index (κ3) is 2.86. The summed E-state index contributed by atoms with van der Waals surface area (Å²) in [7, 11) is 0. The van der Waals surface area contributed by atoms with Crippen molar-refractivity contribution in [3.63, 3.8) is 0 Å². The van der Waals surface area contributed by atoms with Gasteiger partial charge in [0, 0.05) is 13.1 Å². The second kappa shape index (κ2) is 6.19.